The number of nitrogens with zero attached hydrogens (tertiary/aromatic N) is 3. The van der Waals surface area contributed by atoms with Crippen LogP contribution in [0.4, 0.5) is 5.69 Å². The summed E-state index contributed by atoms with van der Waals surface area (Å²) in [6.07, 6.45) is 6.42. The van der Waals surface area contributed by atoms with Gasteiger partial charge in [-0.25, -0.2) is 4.98 Å². The van der Waals surface area contributed by atoms with Gasteiger partial charge in [-0.15, -0.1) is 0 Å². The number of anilines is 1. The molecule has 1 saturated heterocycles. The van der Waals surface area contributed by atoms with E-state index in [-0.39, 0.29) is 0 Å². The van der Waals surface area contributed by atoms with Crippen molar-refractivity contribution in [1.29, 1.82) is 0 Å². The average molecular weight is 483 g/mol. The van der Waals surface area contributed by atoms with Crippen LogP contribution in [0.1, 0.15) is 41.6 Å². The summed E-state index contributed by atoms with van der Waals surface area (Å²) in [7, 11) is 0. The highest BCUT2D eigenvalue weighted by molar-refractivity contribution is 9.10. The fraction of sp³-hybridized carbons (Fsp3) is 0.440. The van der Waals surface area contributed by atoms with Crippen LogP contribution in [-0.2, 0) is 4.79 Å². The van der Waals surface area contributed by atoms with Gasteiger partial charge in [0.1, 0.15) is 5.65 Å². The van der Waals surface area contributed by atoms with Crippen LogP contribution < -0.4 is 10.2 Å². The van der Waals surface area contributed by atoms with Gasteiger partial charge in [0.15, 0.2) is 0 Å². The molecule has 6 heteroatoms. The molecule has 3 aromatic rings. The SMILES string of the molecule is Cc1cc(N2CCC(CCNC=O)CC2)c2c(C)cn(-c3c(C)cc(Br)cc3C)c2n1. The van der Waals surface area contributed by atoms with Crippen LogP contribution >= 0.6 is 15.9 Å². The molecule has 1 fully saturated rings. The normalized spacial score (nSPS) is 14.9. The summed E-state index contributed by atoms with van der Waals surface area (Å²) in [6.45, 7) is 11.5. The molecule has 0 saturated carbocycles. The van der Waals surface area contributed by atoms with Crippen molar-refractivity contribution in [2.75, 3.05) is 24.5 Å². The minimum atomic E-state index is 0.681. The van der Waals surface area contributed by atoms with Crippen LogP contribution in [-0.4, -0.2) is 35.6 Å². The zero-order chi connectivity index (χ0) is 22.1. The number of benzene rings is 1. The van der Waals surface area contributed by atoms with E-state index in [9.17, 15) is 4.79 Å². The first-order valence-electron chi connectivity index (χ1n) is 11.1. The van der Waals surface area contributed by atoms with Gasteiger partial charge in [0.25, 0.3) is 0 Å². The van der Waals surface area contributed by atoms with Crippen molar-refractivity contribution >= 4 is 39.1 Å². The van der Waals surface area contributed by atoms with Crippen LogP contribution in [0.25, 0.3) is 16.7 Å². The van der Waals surface area contributed by atoms with E-state index in [4.69, 9.17) is 4.98 Å². The monoisotopic (exact) mass is 482 g/mol. The minimum absolute atomic E-state index is 0.681. The number of halogens is 1. The highest BCUT2D eigenvalue weighted by Crippen LogP contribution is 2.36. The highest BCUT2D eigenvalue weighted by atomic mass is 79.9. The molecule has 0 unspecified atom stereocenters. The number of fused-ring (bicyclic) bond motifs is 1. The van der Waals surface area contributed by atoms with Crippen LogP contribution in [0.5, 0.6) is 0 Å². The van der Waals surface area contributed by atoms with E-state index in [1.54, 1.807) is 0 Å². The number of carbonyl (C=O) groups is 1. The largest absolute Gasteiger partial charge is 0.371 e. The number of piperidine rings is 1. The summed E-state index contributed by atoms with van der Waals surface area (Å²) in [5, 5.41) is 4.06. The predicted octanol–water partition coefficient (Wildman–Crippen LogP) is 5.37. The van der Waals surface area contributed by atoms with E-state index in [1.807, 2.05) is 0 Å². The molecule has 1 amide bonds. The zero-order valence-corrected chi connectivity index (χ0v) is 20.4. The number of rotatable bonds is 6. The standard InChI is InChI=1S/C25H31BrN4O/c1-16-11-21(26)12-17(2)24(16)30-14-18(3)23-22(13-19(4)28-25(23)30)29-9-6-20(7-10-29)5-8-27-15-31/h11-15,20H,5-10H2,1-4H3,(H,27,31). The van der Waals surface area contributed by atoms with Crippen molar-refractivity contribution in [2.45, 2.75) is 47.0 Å². The van der Waals surface area contributed by atoms with Crippen LogP contribution in [0.15, 0.2) is 28.9 Å². The molecule has 0 aliphatic carbocycles. The number of hydrogen-bond donors (Lipinski definition) is 1. The van der Waals surface area contributed by atoms with Gasteiger partial charge in [0, 0.05) is 47.1 Å². The lowest BCUT2D eigenvalue weighted by Gasteiger charge is -2.34. The van der Waals surface area contributed by atoms with Gasteiger partial charge in [-0.1, -0.05) is 15.9 Å². The number of pyridine rings is 1. The van der Waals surface area contributed by atoms with E-state index < -0.39 is 0 Å². The van der Waals surface area contributed by atoms with Gasteiger partial charge in [0.2, 0.25) is 6.41 Å². The lowest BCUT2D eigenvalue weighted by atomic mass is 9.93. The van der Waals surface area contributed by atoms with Crippen molar-refractivity contribution < 1.29 is 4.79 Å². The molecule has 1 aliphatic heterocycles. The average Bonchev–Trinajstić information content (AvgIpc) is 3.03. The van der Waals surface area contributed by atoms with Crippen molar-refractivity contribution in [3.8, 4) is 5.69 Å². The van der Waals surface area contributed by atoms with Gasteiger partial charge in [0.05, 0.1) is 5.69 Å². The van der Waals surface area contributed by atoms with E-state index in [0.29, 0.717) is 5.92 Å². The Kier molecular flexibility index (Phi) is 6.37. The van der Waals surface area contributed by atoms with Crippen molar-refractivity contribution in [3.63, 3.8) is 0 Å². The number of carbonyl (C=O) groups excluding carboxylic acids is 1. The van der Waals surface area contributed by atoms with Gasteiger partial charge >= 0.3 is 0 Å². The smallest absolute Gasteiger partial charge is 0.207 e. The molecule has 1 N–H and O–H groups in total. The second-order valence-corrected chi connectivity index (χ2v) is 9.76. The maximum absolute atomic E-state index is 10.5. The quantitative estimate of drug-likeness (QED) is 0.379. The lowest BCUT2D eigenvalue weighted by Crippen LogP contribution is -2.34. The summed E-state index contributed by atoms with van der Waals surface area (Å²) in [5.74, 6) is 0.681. The summed E-state index contributed by atoms with van der Waals surface area (Å²) in [5.41, 5.74) is 8.33. The Morgan fingerprint density at radius 2 is 1.77 bits per heavy atom. The Bertz CT molecular complexity index is 1090. The number of nitrogens with one attached hydrogen (secondary N) is 1. The number of hydrogen-bond acceptors (Lipinski definition) is 3. The maximum Gasteiger partial charge on any atom is 0.207 e. The second kappa shape index (κ2) is 9.03. The van der Waals surface area contributed by atoms with E-state index in [2.05, 4.69) is 82.8 Å². The Morgan fingerprint density at radius 3 is 2.42 bits per heavy atom. The van der Waals surface area contributed by atoms with Gasteiger partial charge in [-0.2, -0.15) is 0 Å². The zero-order valence-electron chi connectivity index (χ0n) is 18.8. The number of amides is 1. The molecule has 3 heterocycles. The molecule has 4 rings (SSSR count). The summed E-state index contributed by atoms with van der Waals surface area (Å²) < 4.78 is 3.38. The molecular formula is C25H31BrN4O. The lowest BCUT2D eigenvalue weighted by molar-refractivity contribution is -0.109. The molecule has 31 heavy (non-hydrogen) atoms. The fourth-order valence-corrected chi connectivity index (χ4v) is 5.71. The first-order chi connectivity index (χ1) is 14.9. The van der Waals surface area contributed by atoms with Crippen molar-refractivity contribution in [3.05, 3.63) is 51.3 Å². The highest BCUT2D eigenvalue weighted by Gasteiger charge is 2.23. The van der Waals surface area contributed by atoms with Crippen LogP contribution in [0, 0.1) is 33.6 Å². The molecule has 0 atom stereocenters. The minimum Gasteiger partial charge on any atom is -0.371 e. The molecule has 164 valence electrons. The molecule has 0 radical (unpaired) electrons. The number of aromatic nitrogens is 2. The van der Waals surface area contributed by atoms with Crippen molar-refractivity contribution in [2.24, 2.45) is 5.92 Å². The maximum atomic E-state index is 10.5. The van der Waals surface area contributed by atoms with Gasteiger partial charge < -0.3 is 14.8 Å². The van der Waals surface area contributed by atoms with E-state index in [0.717, 1.165) is 61.1 Å². The topological polar surface area (TPSA) is 50.2 Å². The van der Waals surface area contributed by atoms with Crippen molar-refractivity contribution in [1.82, 2.24) is 14.9 Å². The second-order valence-electron chi connectivity index (χ2n) is 8.84. The summed E-state index contributed by atoms with van der Waals surface area (Å²) >= 11 is 3.62. The Hall–Kier alpha value is -2.34. The Labute approximate surface area is 193 Å². The molecule has 5 nitrogen and oxygen atoms in total. The molecule has 0 spiro atoms. The van der Waals surface area contributed by atoms with Crippen LogP contribution in [0.2, 0.25) is 0 Å². The Morgan fingerprint density at radius 1 is 1.10 bits per heavy atom. The summed E-state index contributed by atoms with van der Waals surface area (Å²) in [6, 6.07) is 6.59. The predicted molar refractivity (Wildman–Crippen MR) is 131 cm³/mol. The molecule has 1 aliphatic rings. The first-order valence-corrected chi connectivity index (χ1v) is 11.9. The number of aryl methyl sites for hydroxylation is 4. The molecule has 1 aromatic carbocycles. The first kappa shape index (κ1) is 21.9. The van der Waals surface area contributed by atoms with E-state index in [1.165, 1.54) is 33.5 Å². The van der Waals surface area contributed by atoms with E-state index >= 15 is 0 Å². The third-order valence-corrected chi connectivity index (χ3v) is 6.94. The molecule has 0 bridgehead atoms. The van der Waals surface area contributed by atoms with Gasteiger partial charge in [-0.05, 0) is 87.8 Å². The Balaban J connectivity index is 1.71. The molecule has 2 aromatic heterocycles. The third kappa shape index (κ3) is 4.36. The fourth-order valence-electron chi connectivity index (χ4n) is 5.02. The van der Waals surface area contributed by atoms with Gasteiger partial charge in [-0.3, -0.25) is 4.79 Å². The van der Waals surface area contributed by atoms with Crippen LogP contribution in [0.3, 0.4) is 0 Å². The summed E-state index contributed by atoms with van der Waals surface area (Å²) in [4.78, 5) is 18.0. The molecular weight excluding hydrogens is 452 g/mol. The third-order valence-electron chi connectivity index (χ3n) is 6.49.